The molecule has 1 fully saturated rings. The van der Waals surface area contributed by atoms with Crippen molar-refractivity contribution in [3.05, 3.63) is 59.5 Å². The van der Waals surface area contributed by atoms with Crippen molar-refractivity contribution in [3.63, 3.8) is 0 Å². The van der Waals surface area contributed by atoms with Gasteiger partial charge < -0.3 is 0 Å². The number of aromatic amines is 1. The molecule has 1 saturated heterocycles. The molecule has 23 heavy (non-hydrogen) atoms. The summed E-state index contributed by atoms with van der Waals surface area (Å²) in [5.41, 5.74) is 5.05. The Balaban J connectivity index is 1.55. The normalized spacial score (nSPS) is 19.3. The van der Waals surface area contributed by atoms with E-state index in [1.807, 2.05) is 18.5 Å². The minimum absolute atomic E-state index is 0.564. The van der Waals surface area contributed by atoms with Crippen molar-refractivity contribution in [2.75, 3.05) is 13.1 Å². The van der Waals surface area contributed by atoms with Crippen LogP contribution in [0, 0.1) is 6.92 Å². The summed E-state index contributed by atoms with van der Waals surface area (Å²) in [6, 6.07) is 10.6. The first-order valence-electron chi connectivity index (χ1n) is 8.36. The van der Waals surface area contributed by atoms with Crippen LogP contribution in [-0.4, -0.2) is 33.2 Å². The fourth-order valence-corrected chi connectivity index (χ4v) is 3.74. The average molecular weight is 306 g/mol. The molecule has 1 unspecified atom stereocenters. The molecule has 0 amide bonds. The van der Waals surface area contributed by atoms with Gasteiger partial charge in [-0.15, -0.1) is 0 Å². The Kier molecular flexibility index (Phi) is 3.83. The quantitative estimate of drug-likeness (QED) is 0.803. The number of benzene rings is 1. The van der Waals surface area contributed by atoms with Crippen molar-refractivity contribution in [1.29, 1.82) is 0 Å². The standard InChI is InChI=1S/C19H22N4/c1-14-11-21-22-18(14)16-8-4-10-23(12-16)13-17-6-2-5-15-7-3-9-20-19(15)17/h2-3,5-7,9,11,16H,4,8,10,12-13H2,1H3,(H,21,22). The Labute approximate surface area is 136 Å². The minimum Gasteiger partial charge on any atom is -0.298 e. The van der Waals surface area contributed by atoms with Gasteiger partial charge in [0.2, 0.25) is 0 Å². The third-order valence-electron chi connectivity index (χ3n) is 4.89. The van der Waals surface area contributed by atoms with Gasteiger partial charge in [-0.25, -0.2) is 0 Å². The summed E-state index contributed by atoms with van der Waals surface area (Å²) in [5.74, 6) is 0.564. The third kappa shape index (κ3) is 2.86. The summed E-state index contributed by atoms with van der Waals surface area (Å²) < 4.78 is 0. The Bertz CT molecular complexity index is 802. The van der Waals surface area contributed by atoms with Crippen molar-refractivity contribution < 1.29 is 0 Å². The van der Waals surface area contributed by atoms with Crippen molar-refractivity contribution in [2.24, 2.45) is 0 Å². The third-order valence-corrected chi connectivity index (χ3v) is 4.89. The molecule has 1 atom stereocenters. The van der Waals surface area contributed by atoms with Crippen LogP contribution >= 0.6 is 0 Å². The van der Waals surface area contributed by atoms with Crippen molar-refractivity contribution >= 4 is 10.9 Å². The van der Waals surface area contributed by atoms with E-state index in [2.05, 4.69) is 51.3 Å². The molecule has 0 aliphatic carbocycles. The predicted octanol–water partition coefficient (Wildman–Crippen LogP) is 3.65. The second kappa shape index (κ2) is 6.13. The lowest BCUT2D eigenvalue weighted by atomic mass is 9.92. The van der Waals surface area contributed by atoms with E-state index < -0.39 is 0 Å². The van der Waals surface area contributed by atoms with E-state index >= 15 is 0 Å². The number of likely N-dealkylation sites (tertiary alicyclic amines) is 1. The molecule has 2 aromatic heterocycles. The predicted molar refractivity (Wildman–Crippen MR) is 92.3 cm³/mol. The van der Waals surface area contributed by atoms with Gasteiger partial charge >= 0.3 is 0 Å². The molecular weight excluding hydrogens is 284 g/mol. The van der Waals surface area contributed by atoms with Crippen molar-refractivity contribution in [2.45, 2.75) is 32.2 Å². The lowest BCUT2D eigenvalue weighted by Gasteiger charge is -2.32. The molecule has 118 valence electrons. The highest BCUT2D eigenvalue weighted by atomic mass is 15.2. The second-order valence-electron chi connectivity index (χ2n) is 6.53. The fraction of sp³-hybridized carbons (Fsp3) is 0.368. The Morgan fingerprint density at radius 3 is 3.04 bits per heavy atom. The smallest absolute Gasteiger partial charge is 0.0746 e. The second-order valence-corrected chi connectivity index (χ2v) is 6.53. The van der Waals surface area contributed by atoms with Gasteiger partial charge in [0.15, 0.2) is 0 Å². The van der Waals surface area contributed by atoms with Crippen LogP contribution in [0.25, 0.3) is 10.9 Å². The van der Waals surface area contributed by atoms with Gasteiger partial charge in [-0.3, -0.25) is 15.0 Å². The number of nitrogens with zero attached hydrogens (tertiary/aromatic N) is 3. The molecule has 0 bridgehead atoms. The van der Waals surface area contributed by atoms with Gasteiger partial charge in [0.05, 0.1) is 11.7 Å². The largest absolute Gasteiger partial charge is 0.298 e. The van der Waals surface area contributed by atoms with Crippen molar-refractivity contribution in [1.82, 2.24) is 20.1 Å². The molecule has 0 saturated carbocycles. The zero-order chi connectivity index (χ0) is 15.6. The molecular formula is C19H22N4. The van der Waals surface area contributed by atoms with Gasteiger partial charge in [0, 0.05) is 36.3 Å². The number of H-pyrrole nitrogens is 1. The summed E-state index contributed by atoms with van der Waals surface area (Å²) in [6.07, 6.45) is 6.30. The van der Waals surface area contributed by atoms with E-state index in [-0.39, 0.29) is 0 Å². The SMILES string of the molecule is Cc1cn[nH]c1C1CCCN(Cc2cccc3cccnc23)C1. The Morgan fingerprint density at radius 1 is 1.26 bits per heavy atom. The molecule has 3 aromatic rings. The molecule has 4 rings (SSSR count). The van der Waals surface area contributed by atoms with Crippen LogP contribution in [0.2, 0.25) is 0 Å². The summed E-state index contributed by atoms with van der Waals surface area (Å²) in [7, 11) is 0. The number of hydrogen-bond donors (Lipinski definition) is 1. The molecule has 3 heterocycles. The molecule has 4 heteroatoms. The maximum atomic E-state index is 4.59. The molecule has 1 aliphatic heterocycles. The highest BCUT2D eigenvalue weighted by Crippen LogP contribution is 2.29. The van der Waals surface area contributed by atoms with E-state index in [9.17, 15) is 0 Å². The van der Waals surface area contributed by atoms with Crippen LogP contribution in [0.1, 0.15) is 35.6 Å². The first-order chi connectivity index (χ1) is 11.3. The van der Waals surface area contributed by atoms with Crippen LogP contribution < -0.4 is 0 Å². The van der Waals surface area contributed by atoms with E-state index in [1.165, 1.54) is 35.0 Å². The summed E-state index contributed by atoms with van der Waals surface area (Å²) in [6.45, 7) is 5.36. The average Bonchev–Trinajstić information content (AvgIpc) is 3.02. The van der Waals surface area contributed by atoms with E-state index in [4.69, 9.17) is 0 Å². The van der Waals surface area contributed by atoms with Gasteiger partial charge in [-0.05, 0) is 43.5 Å². The Hall–Kier alpha value is -2.20. The first kappa shape index (κ1) is 14.4. The van der Waals surface area contributed by atoms with E-state index in [1.54, 1.807) is 0 Å². The van der Waals surface area contributed by atoms with Crippen LogP contribution in [0.4, 0.5) is 0 Å². The lowest BCUT2D eigenvalue weighted by Crippen LogP contribution is -2.34. The minimum atomic E-state index is 0.564. The number of pyridine rings is 1. The number of fused-ring (bicyclic) bond motifs is 1. The summed E-state index contributed by atoms with van der Waals surface area (Å²) >= 11 is 0. The van der Waals surface area contributed by atoms with Crippen LogP contribution in [-0.2, 0) is 6.54 Å². The van der Waals surface area contributed by atoms with Gasteiger partial charge in [0.1, 0.15) is 0 Å². The van der Waals surface area contributed by atoms with E-state index in [0.29, 0.717) is 5.92 Å². The monoisotopic (exact) mass is 306 g/mol. The summed E-state index contributed by atoms with van der Waals surface area (Å²) in [4.78, 5) is 7.14. The van der Waals surface area contributed by atoms with Gasteiger partial charge in [-0.2, -0.15) is 5.10 Å². The number of aromatic nitrogens is 3. The lowest BCUT2D eigenvalue weighted by molar-refractivity contribution is 0.199. The number of nitrogens with one attached hydrogen (secondary N) is 1. The zero-order valence-corrected chi connectivity index (χ0v) is 13.5. The molecule has 4 nitrogen and oxygen atoms in total. The molecule has 0 radical (unpaired) electrons. The maximum absolute atomic E-state index is 4.59. The topological polar surface area (TPSA) is 44.8 Å². The number of rotatable bonds is 3. The molecule has 1 aliphatic rings. The van der Waals surface area contributed by atoms with E-state index in [0.717, 1.165) is 25.2 Å². The number of piperidine rings is 1. The molecule has 1 aromatic carbocycles. The highest BCUT2D eigenvalue weighted by molar-refractivity contribution is 5.81. The van der Waals surface area contributed by atoms with Crippen molar-refractivity contribution in [3.8, 4) is 0 Å². The van der Waals surface area contributed by atoms with Gasteiger partial charge in [0.25, 0.3) is 0 Å². The highest BCUT2D eigenvalue weighted by Gasteiger charge is 2.24. The van der Waals surface area contributed by atoms with Crippen LogP contribution in [0.15, 0.2) is 42.7 Å². The zero-order valence-electron chi connectivity index (χ0n) is 13.5. The fourth-order valence-electron chi connectivity index (χ4n) is 3.74. The number of aryl methyl sites for hydroxylation is 1. The Morgan fingerprint density at radius 2 is 2.17 bits per heavy atom. The molecule has 0 spiro atoms. The number of hydrogen-bond acceptors (Lipinski definition) is 3. The molecule has 1 N–H and O–H groups in total. The number of para-hydroxylation sites is 1. The summed E-state index contributed by atoms with van der Waals surface area (Å²) in [5, 5.41) is 8.62. The first-order valence-corrected chi connectivity index (χ1v) is 8.36. The van der Waals surface area contributed by atoms with Gasteiger partial charge in [-0.1, -0.05) is 24.3 Å². The maximum Gasteiger partial charge on any atom is 0.0746 e. The van der Waals surface area contributed by atoms with Crippen LogP contribution in [0.3, 0.4) is 0 Å². The van der Waals surface area contributed by atoms with Crippen LogP contribution in [0.5, 0.6) is 0 Å².